The van der Waals surface area contributed by atoms with Crippen LogP contribution < -0.4 is 5.32 Å². The molecule has 1 N–H and O–H groups in total. The summed E-state index contributed by atoms with van der Waals surface area (Å²) in [6.45, 7) is 2.13. The summed E-state index contributed by atoms with van der Waals surface area (Å²) < 4.78 is 23.6. The molecule has 1 aromatic rings. The van der Waals surface area contributed by atoms with Crippen LogP contribution in [0, 0.1) is 0 Å². The van der Waals surface area contributed by atoms with Crippen molar-refractivity contribution in [3.05, 3.63) is 29.6 Å². The molecule has 0 radical (unpaired) electrons. The third kappa shape index (κ3) is 3.79. The highest BCUT2D eigenvalue weighted by Gasteiger charge is 2.01. The Hall–Kier alpha value is -1.03. The van der Waals surface area contributed by atoms with Crippen LogP contribution in [-0.2, 0) is 13.0 Å². The number of hydrogen-bond acceptors (Lipinski definition) is 2. The number of rotatable bonds is 5. The number of aryl methyl sites for hydroxylation is 1. The predicted molar refractivity (Wildman–Crippen MR) is 51.3 cm³/mol. The molecule has 0 fully saturated rings. The average Bonchev–Trinajstić information content (AvgIpc) is 2.18. The van der Waals surface area contributed by atoms with Crippen molar-refractivity contribution in [1.29, 1.82) is 0 Å². The van der Waals surface area contributed by atoms with Crippen LogP contribution in [-0.4, -0.2) is 18.0 Å². The Bertz CT molecular complexity index is 277. The monoisotopic (exact) mass is 200 g/mol. The summed E-state index contributed by atoms with van der Waals surface area (Å²) in [7, 11) is 0. The fourth-order valence-electron chi connectivity index (χ4n) is 1.13. The Balaban J connectivity index is 2.42. The number of halogens is 2. The minimum Gasteiger partial charge on any atom is -0.306 e. The Morgan fingerprint density at radius 1 is 1.36 bits per heavy atom. The zero-order valence-corrected chi connectivity index (χ0v) is 8.13. The molecule has 0 amide bonds. The van der Waals surface area contributed by atoms with Gasteiger partial charge in [-0.2, -0.15) is 0 Å². The van der Waals surface area contributed by atoms with Gasteiger partial charge in [0.1, 0.15) is 0 Å². The van der Waals surface area contributed by atoms with Gasteiger partial charge in [0.25, 0.3) is 6.43 Å². The standard InChI is InChI=1S/C10H14F2N2/c1-2-8-4-3-5-9(14-8)6-13-7-10(11)12/h3-5,10,13H,2,6-7H2,1H3. The van der Waals surface area contributed by atoms with Crippen molar-refractivity contribution in [2.45, 2.75) is 26.3 Å². The first kappa shape index (κ1) is 11.0. The van der Waals surface area contributed by atoms with Crippen LogP contribution in [0.1, 0.15) is 18.3 Å². The number of pyridine rings is 1. The first-order valence-electron chi connectivity index (χ1n) is 4.66. The van der Waals surface area contributed by atoms with E-state index in [4.69, 9.17) is 0 Å². The minimum atomic E-state index is -2.30. The van der Waals surface area contributed by atoms with Gasteiger partial charge in [0.05, 0.1) is 12.2 Å². The molecule has 0 aliphatic carbocycles. The lowest BCUT2D eigenvalue weighted by molar-refractivity contribution is 0.145. The Morgan fingerprint density at radius 3 is 2.71 bits per heavy atom. The van der Waals surface area contributed by atoms with Gasteiger partial charge in [0.2, 0.25) is 0 Å². The number of nitrogens with one attached hydrogen (secondary N) is 1. The van der Waals surface area contributed by atoms with Crippen LogP contribution in [0.2, 0.25) is 0 Å². The van der Waals surface area contributed by atoms with E-state index in [9.17, 15) is 8.78 Å². The first-order chi connectivity index (χ1) is 6.72. The number of hydrogen-bond donors (Lipinski definition) is 1. The second-order valence-electron chi connectivity index (χ2n) is 3.00. The minimum absolute atomic E-state index is 0.280. The molecular weight excluding hydrogens is 186 g/mol. The number of aromatic nitrogens is 1. The maximum atomic E-state index is 11.8. The summed E-state index contributed by atoms with van der Waals surface area (Å²) in [5, 5.41) is 2.64. The second-order valence-corrected chi connectivity index (χ2v) is 3.00. The SMILES string of the molecule is CCc1cccc(CNCC(F)F)n1. The molecule has 1 heterocycles. The predicted octanol–water partition coefficient (Wildman–Crippen LogP) is 2.00. The third-order valence-corrected chi connectivity index (χ3v) is 1.83. The van der Waals surface area contributed by atoms with Crippen molar-refractivity contribution >= 4 is 0 Å². The van der Waals surface area contributed by atoms with E-state index in [1.807, 2.05) is 25.1 Å². The van der Waals surface area contributed by atoms with Gasteiger partial charge in [-0.3, -0.25) is 4.98 Å². The summed E-state index contributed by atoms with van der Waals surface area (Å²) in [6.07, 6.45) is -1.44. The number of nitrogens with zero attached hydrogens (tertiary/aromatic N) is 1. The summed E-state index contributed by atoms with van der Waals surface area (Å²) in [5.41, 5.74) is 1.80. The molecular formula is C10H14F2N2. The lowest BCUT2D eigenvalue weighted by atomic mass is 10.2. The maximum Gasteiger partial charge on any atom is 0.250 e. The molecule has 0 aliphatic rings. The topological polar surface area (TPSA) is 24.9 Å². The van der Waals surface area contributed by atoms with Crippen LogP contribution >= 0.6 is 0 Å². The van der Waals surface area contributed by atoms with Crippen LogP contribution in [0.25, 0.3) is 0 Å². The van der Waals surface area contributed by atoms with Gasteiger partial charge in [-0.1, -0.05) is 13.0 Å². The molecule has 0 unspecified atom stereocenters. The number of alkyl halides is 2. The molecule has 1 aromatic heterocycles. The molecule has 0 aliphatic heterocycles. The fourth-order valence-corrected chi connectivity index (χ4v) is 1.13. The van der Waals surface area contributed by atoms with Crippen LogP contribution in [0.15, 0.2) is 18.2 Å². The van der Waals surface area contributed by atoms with Gasteiger partial charge in [0.15, 0.2) is 0 Å². The van der Waals surface area contributed by atoms with Gasteiger partial charge in [-0.15, -0.1) is 0 Å². The van der Waals surface area contributed by atoms with Gasteiger partial charge in [0, 0.05) is 12.2 Å². The molecule has 0 saturated carbocycles. The Morgan fingerprint density at radius 2 is 2.07 bits per heavy atom. The van der Waals surface area contributed by atoms with E-state index in [0.717, 1.165) is 17.8 Å². The molecule has 0 spiro atoms. The Labute approximate surface area is 82.4 Å². The van der Waals surface area contributed by atoms with Gasteiger partial charge >= 0.3 is 0 Å². The van der Waals surface area contributed by atoms with Crippen molar-refractivity contribution in [3.8, 4) is 0 Å². The lowest BCUT2D eigenvalue weighted by Gasteiger charge is -2.04. The highest BCUT2D eigenvalue weighted by molar-refractivity contribution is 5.10. The first-order valence-corrected chi connectivity index (χ1v) is 4.66. The molecule has 4 heteroatoms. The van der Waals surface area contributed by atoms with E-state index in [0.29, 0.717) is 6.54 Å². The van der Waals surface area contributed by atoms with E-state index in [1.54, 1.807) is 0 Å². The summed E-state index contributed by atoms with van der Waals surface area (Å²) in [4.78, 5) is 4.28. The normalized spacial score (nSPS) is 10.9. The maximum absolute atomic E-state index is 11.8. The molecule has 2 nitrogen and oxygen atoms in total. The van der Waals surface area contributed by atoms with E-state index >= 15 is 0 Å². The molecule has 0 saturated heterocycles. The van der Waals surface area contributed by atoms with Gasteiger partial charge in [-0.05, 0) is 18.6 Å². The van der Waals surface area contributed by atoms with Crippen molar-refractivity contribution in [2.75, 3.05) is 6.54 Å². The quantitative estimate of drug-likeness (QED) is 0.786. The van der Waals surface area contributed by atoms with E-state index in [2.05, 4.69) is 10.3 Å². The van der Waals surface area contributed by atoms with E-state index in [-0.39, 0.29) is 6.54 Å². The fraction of sp³-hybridized carbons (Fsp3) is 0.500. The lowest BCUT2D eigenvalue weighted by Crippen LogP contribution is -2.21. The van der Waals surface area contributed by atoms with Crippen molar-refractivity contribution in [1.82, 2.24) is 10.3 Å². The average molecular weight is 200 g/mol. The van der Waals surface area contributed by atoms with E-state index < -0.39 is 6.43 Å². The van der Waals surface area contributed by atoms with Crippen LogP contribution in [0.4, 0.5) is 8.78 Å². The largest absolute Gasteiger partial charge is 0.306 e. The summed E-state index contributed by atoms with van der Waals surface area (Å²) >= 11 is 0. The van der Waals surface area contributed by atoms with Crippen molar-refractivity contribution in [2.24, 2.45) is 0 Å². The zero-order valence-electron chi connectivity index (χ0n) is 8.13. The second kappa shape index (κ2) is 5.65. The van der Waals surface area contributed by atoms with Crippen LogP contribution in [0.3, 0.4) is 0 Å². The molecule has 78 valence electrons. The molecule has 0 aromatic carbocycles. The van der Waals surface area contributed by atoms with Crippen molar-refractivity contribution in [3.63, 3.8) is 0 Å². The highest BCUT2D eigenvalue weighted by Crippen LogP contribution is 2.00. The van der Waals surface area contributed by atoms with Gasteiger partial charge < -0.3 is 5.32 Å². The third-order valence-electron chi connectivity index (χ3n) is 1.83. The zero-order chi connectivity index (χ0) is 10.4. The van der Waals surface area contributed by atoms with E-state index in [1.165, 1.54) is 0 Å². The molecule has 0 atom stereocenters. The highest BCUT2D eigenvalue weighted by atomic mass is 19.3. The molecule has 1 rings (SSSR count). The van der Waals surface area contributed by atoms with Crippen molar-refractivity contribution < 1.29 is 8.78 Å². The smallest absolute Gasteiger partial charge is 0.250 e. The summed E-state index contributed by atoms with van der Waals surface area (Å²) in [6, 6.07) is 5.65. The van der Waals surface area contributed by atoms with Crippen LogP contribution in [0.5, 0.6) is 0 Å². The Kier molecular flexibility index (Phi) is 4.46. The molecule has 14 heavy (non-hydrogen) atoms. The summed E-state index contributed by atoms with van der Waals surface area (Å²) in [5.74, 6) is 0. The van der Waals surface area contributed by atoms with Gasteiger partial charge in [-0.25, -0.2) is 8.78 Å². The molecule has 0 bridgehead atoms.